The minimum absolute atomic E-state index is 0.335. The summed E-state index contributed by atoms with van der Waals surface area (Å²) in [5, 5.41) is 0. The van der Waals surface area contributed by atoms with Gasteiger partial charge in [0, 0.05) is 11.4 Å². The average molecular weight is 464 g/mol. The van der Waals surface area contributed by atoms with Gasteiger partial charge in [0.1, 0.15) is 0 Å². The van der Waals surface area contributed by atoms with E-state index < -0.39 is 0 Å². The van der Waals surface area contributed by atoms with Crippen LogP contribution in [-0.2, 0) is 0 Å². The van der Waals surface area contributed by atoms with Crippen molar-refractivity contribution < 1.29 is 0 Å². The number of para-hydroxylation sites is 2. The number of fused-ring (bicyclic) bond motifs is 2. The van der Waals surface area contributed by atoms with Crippen molar-refractivity contribution in [3.05, 3.63) is 108 Å². The second kappa shape index (κ2) is 11.8. The van der Waals surface area contributed by atoms with Crippen molar-refractivity contribution in [2.45, 2.75) is 70.8 Å². The van der Waals surface area contributed by atoms with Gasteiger partial charge < -0.3 is 4.90 Å². The van der Waals surface area contributed by atoms with Gasteiger partial charge in [-0.25, -0.2) is 0 Å². The summed E-state index contributed by atoms with van der Waals surface area (Å²) in [5.41, 5.74) is 5.37. The molecule has 2 aliphatic rings. The van der Waals surface area contributed by atoms with Crippen molar-refractivity contribution in [1.29, 1.82) is 0 Å². The molecule has 4 unspecified atom stereocenters. The van der Waals surface area contributed by atoms with Gasteiger partial charge in [0.25, 0.3) is 0 Å². The van der Waals surface area contributed by atoms with Crippen LogP contribution in [0.2, 0.25) is 0 Å². The van der Waals surface area contributed by atoms with Crippen molar-refractivity contribution in [3.8, 4) is 0 Å². The Morgan fingerprint density at radius 1 is 0.686 bits per heavy atom. The van der Waals surface area contributed by atoms with Crippen LogP contribution in [0.25, 0.3) is 0 Å². The molecule has 35 heavy (non-hydrogen) atoms. The number of unbranched alkanes of at least 4 members (excludes halogenated alkanes) is 4. The Hall–Kier alpha value is -2.80. The molecule has 5 rings (SSSR count). The van der Waals surface area contributed by atoms with E-state index in [0.717, 1.165) is 17.8 Å². The molecule has 0 saturated heterocycles. The quantitative estimate of drug-likeness (QED) is 0.191. The molecule has 3 aromatic carbocycles. The number of benzene rings is 3. The van der Waals surface area contributed by atoms with Crippen molar-refractivity contribution >= 4 is 11.4 Å². The first-order chi connectivity index (χ1) is 17.3. The van der Waals surface area contributed by atoms with Gasteiger partial charge in [-0.1, -0.05) is 105 Å². The smallest absolute Gasteiger partial charge is 0.0594 e. The number of hydrogen-bond donors (Lipinski definition) is 0. The Morgan fingerprint density at radius 3 is 1.94 bits per heavy atom. The molecule has 0 radical (unpaired) electrons. The Morgan fingerprint density at radius 2 is 1.31 bits per heavy atom. The zero-order valence-corrected chi connectivity index (χ0v) is 21.4. The van der Waals surface area contributed by atoms with Gasteiger partial charge in [-0.2, -0.15) is 0 Å². The van der Waals surface area contributed by atoms with Crippen molar-refractivity contribution in [1.82, 2.24) is 0 Å². The number of rotatable bonds is 12. The Bertz CT molecular complexity index is 1030. The maximum absolute atomic E-state index is 2.56. The maximum Gasteiger partial charge on any atom is 0.0594 e. The molecule has 182 valence electrons. The highest BCUT2D eigenvalue weighted by atomic mass is 15.2. The fourth-order valence-corrected chi connectivity index (χ4v) is 6.57. The summed E-state index contributed by atoms with van der Waals surface area (Å²) in [5.74, 6) is 2.82. The summed E-state index contributed by atoms with van der Waals surface area (Å²) < 4.78 is 0. The molecule has 1 heteroatoms. The summed E-state index contributed by atoms with van der Waals surface area (Å²) in [6.45, 7) is 2.27. The third-order valence-electron chi connectivity index (χ3n) is 8.40. The van der Waals surface area contributed by atoms with Crippen molar-refractivity contribution in [2.24, 2.45) is 17.8 Å². The van der Waals surface area contributed by atoms with Gasteiger partial charge in [-0.05, 0) is 85.8 Å². The minimum atomic E-state index is 0.335. The average Bonchev–Trinajstić information content (AvgIpc) is 3.53. The molecule has 0 aliphatic heterocycles. The molecule has 1 nitrogen and oxygen atoms in total. The fraction of sp³-hybridized carbons (Fsp3) is 0.412. The summed E-state index contributed by atoms with van der Waals surface area (Å²) in [4.78, 5) is 2.56. The van der Waals surface area contributed by atoms with Gasteiger partial charge in [-0.15, -0.1) is 0 Å². The predicted molar refractivity (Wildman–Crippen MR) is 150 cm³/mol. The largest absolute Gasteiger partial charge is 0.334 e. The minimum Gasteiger partial charge on any atom is -0.334 e. The second-order valence-corrected chi connectivity index (χ2v) is 10.8. The van der Waals surface area contributed by atoms with Gasteiger partial charge in [-0.3, -0.25) is 0 Å². The van der Waals surface area contributed by atoms with E-state index in [1.54, 1.807) is 0 Å². The van der Waals surface area contributed by atoms with E-state index in [1.165, 1.54) is 80.3 Å². The number of anilines is 2. The lowest BCUT2D eigenvalue weighted by atomic mass is 9.88. The topological polar surface area (TPSA) is 3.24 Å². The zero-order valence-electron chi connectivity index (χ0n) is 21.4. The van der Waals surface area contributed by atoms with Crippen molar-refractivity contribution in [3.63, 3.8) is 0 Å². The Kier molecular flexibility index (Phi) is 8.03. The van der Waals surface area contributed by atoms with Gasteiger partial charge in [0.15, 0.2) is 0 Å². The highest BCUT2D eigenvalue weighted by Gasteiger charge is 2.34. The predicted octanol–water partition coefficient (Wildman–Crippen LogP) is 9.82. The molecule has 0 aromatic heterocycles. The van der Waals surface area contributed by atoms with E-state index >= 15 is 0 Å². The molecule has 1 saturated carbocycles. The molecule has 0 heterocycles. The van der Waals surface area contributed by atoms with E-state index in [0.29, 0.717) is 6.04 Å². The van der Waals surface area contributed by atoms with Crippen LogP contribution >= 0.6 is 0 Å². The number of hydrogen-bond acceptors (Lipinski definition) is 1. The maximum atomic E-state index is 2.56. The third-order valence-corrected chi connectivity index (χ3v) is 8.40. The van der Waals surface area contributed by atoms with Crippen LogP contribution in [0.15, 0.2) is 97.1 Å². The molecule has 0 amide bonds. The van der Waals surface area contributed by atoms with Crippen LogP contribution < -0.4 is 4.90 Å². The van der Waals surface area contributed by atoms with Crippen LogP contribution in [0.1, 0.15) is 75.0 Å². The zero-order chi connectivity index (χ0) is 23.9. The number of allylic oxidation sites excluding steroid dienone is 2. The monoisotopic (exact) mass is 463 g/mol. The molecule has 4 atom stereocenters. The first kappa shape index (κ1) is 23.9. The van der Waals surface area contributed by atoms with Gasteiger partial charge in [0.2, 0.25) is 0 Å². The third kappa shape index (κ3) is 5.89. The summed E-state index contributed by atoms with van der Waals surface area (Å²) in [6.07, 6.45) is 17.3. The van der Waals surface area contributed by atoms with Crippen LogP contribution in [0.3, 0.4) is 0 Å². The first-order valence-electron chi connectivity index (χ1n) is 13.9. The Balaban J connectivity index is 1.23. The Labute approximate surface area is 212 Å². The van der Waals surface area contributed by atoms with Crippen LogP contribution in [0.4, 0.5) is 11.4 Å². The molecule has 0 N–H and O–H groups in total. The summed E-state index contributed by atoms with van der Waals surface area (Å²) >= 11 is 0. The summed E-state index contributed by atoms with van der Waals surface area (Å²) in [6, 6.07) is 31.2. The molecular weight excluding hydrogens is 422 g/mol. The van der Waals surface area contributed by atoms with Gasteiger partial charge in [0.05, 0.1) is 6.04 Å². The standard InChI is InChI=1S/C34H41N/c1-27-15-13-14-21-33(27)34(35(31-17-8-5-9-18-31)32-19-10-6-11-20-32)22-12-4-2-3-7-16-29-25-28-23-24-30(29)26-28/h5-6,8-11,13-15,17-21,23-24,28-30,34H,2-4,7,12,16,22,25-26H2,1H3. The lowest BCUT2D eigenvalue weighted by molar-refractivity contribution is 0.393. The lowest BCUT2D eigenvalue weighted by Crippen LogP contribution is -2.24. The molecule has 2 aliphatic carbocycles. The van der Waals surface area contributed by atoms with E-state index in [9.17, 15) is 0 Å². The van der Waals surface area contributed by atoms with E-state index in [2.05, 4.69) is 109 Å². The number of aryl methyl sites for hydroxylation is 1. The molecule has 0 spiro atoms. The second-order valence-electron chi connectivity index (χ2n) is 10.8. The fourth-order valence-electron chi connectivity index (χ4n) is 6.57. The lowest BCUT2D eigenvalue weighted by Gasteiger charge is -2.35. The SMILES string of the molecule is Cc1ccccc1C(CCCCCCCC1CC2C=CC1C2)N(c1ccccc1)c1ccccc1. The van der Waals surface area contributed by atoms with Crippen LogP contribution in [-0.4, -0.2) is 0 Å². The van der Waals surface area contributed by atoms with E-state index in [1.807, 2.05) is 0 Å². The van der Waals surface area contributed by atoms with Crippen molar-refractivity contribution in [2.75, 3.05) is 4.90 Å². The molecule has 1 fully saturated rings. The summed E-state index contributed by atoms with van der Waals surface area (Å²) in [7, 11) is 0. The number of nitrogens with zero attached hydrogens (tertiary/aromatic N) is 1. The first-order valence-corrected chi connectivity index (χ1v) is 13.9. The molecule has 3 aromatic rings. The van der Waals surface area contributed by atoms with Gasteiger partial charge >= 0.3 is 0 Å². The van der Waals surface area contributed by atoms with E-state index in [4.69, 9.17) is 0 Å². The van der Waals surface area contributed by atoms with Crippen LogP contribution in [0.5, 0.6) is 0 Å². The normalized spacial score (nSPS) is 21.3. The molecule has 2 bridgehead atoms. The molecular formula is C34H41N. The van der Waals surface area contributed by atoms with E-state index in [-0.39, 0.29) is 0 Å². The highest BCUT2D eigenvalue weighted by Crippen LogP contribution is 2.45. The van der Waals surface area contributed by atoms with Crippen LogP contribution in [0, 0.1) is 24.7 Å². The highest BCUT2D eigenvalue weighted by molar-refractivity contribution is 5.65.